The minimum absolute atomic E-state index is 0.124. The number of carbonyl (C=O) groups excluding carboxylic acids is 1. The Kier molecular flexibility index (Phi) is 3.45. The zero-order valence-electron chi connectivity index (χ0n) is 10.7. The van der Waals surface area contributed by atoms with Crippen LogP contribution in [-0.2, 0) is 7.05 Å². The van der Waals surface area contributed by atoms with Gasteiger partial charge in [0.15, 0.2) is 0 Å². The van der Waals surface area contributed by atoms with Crippen LogP contribution >= 0.6 is 0 Å². The summed E-state index contributed by atoms with van der Waals surface area (Å²) in [6, 6.07) is -0.124. The molecule has 0 radical (unpaired) electrons. The van der Waals surface area contributed by atoms with Gasteiger partial charge in [-0.15, -0.1) is 0 Å². The lowest BCUT2D eigenvalue weighted by atomic mass is 10.0. The maximum absolute atomic E-state index is 12.0. The van der Waals surface area contributed by atoms with Crippen molar-refractivity contribution in [3.8, 4) is 0 Å². The summed E-state index contributed by atoms with van der Waals surface area (Å²) in [6.07, 6.45) is 6.59. The molecule has 0 aromatic carbocycles. The number of aryl methyl sites for hydroxylation is 1. The van der Waals surface area contributed by atoms with Gasteiger partial charge < -0.3 is 14.9 Å². The molecule has 0 saturated carbocycles. The van der Waals surface area contributed by atoms with Gasteiger partial charge in [-0.1, -0.05) is 13.8 Å². The number of aromatic amines is 1. The highest BCUT2D eigenvalue weighted by atomic mass is 16.2. The van der Waals surface area contributed by atoms with Crippen LogP contribution in [0, 0.1) is 5.92 Å². The first-order valence-corrected chi connectivity index (χ1v) is 5.86. The van der Waals surface area contributed by atoms with E-state index in [2.05, 4.69) is 20.3 Å². The molecule has 0 aliphatic carbocycles. The number of carbonyl (C=O) groups is 1. The first kappa shape index (κ1) is 12.3. The summed E-state index contributed by atoms with van der Waals surface area (Å²) >= 11 is 0. The average Bonchev–Trinajstić information content (AvgIpc) is 2.96. The largest absolute Gasteiger partial charge is 0.341 e. The molecule has 6 nitrogen and oxygen atoms in total. The van der Waals surface area contributed by atoms with E-state index in [1.165, 1.54) is 12.5 Å². The molecular formula is C12H17N5O. The highest BCUT2D eigenvalue weighted by Gasteiger charge is 2.22. The molecule has 2 aromatic heterocycles. The topological polar surface area (TPSA) is 75.6 Å². The van der Waals surface area contributed by atoms with Crippen LogP contribution in [-0.4, -0.2) is 25.4 Å². The normalized spacial score (nSPS) is 12.7. The molecular weight excluding hydrogens is 230 g/mol. The minimum atomic E-state index is -0.172. The van der Waals surface area contributed by atoms with Gasteiger partial charge >= 0.3 is 0 Å². The molecule has 0 bridgehead atoms. The summed E-state index contributed by atoms with van der Waals surface area (Å²) in [5, 5.41) is 2.97. The van der Waals surface area contributed by atoms with Crippen LogP contribution in [0.25, 0.3) is 0 Å². The van der Waals surface area contributed by atoms with Crippen LogP contribution < -0.4 is 5.32 Å². The molecule has 2 heterocycles. The van der Waals surface area contributed by atoms with Crippen LogP contribution in [0.1, 0.15) is 36.2 Å². The third-order valence-corrected chi connectivity index (χ3v) is 2.83. The molecule has 1 atom stereocenters. The summed E-state index contributed by atoms with van der Waals surface area (Å²) in [5.41, 5.74) is 0.454. The quantitative estimate of drug-likeness (QED) is 0.854. The Morgan fingerprint density at radius 2 is 2.28 bits per heavy atom. The summed E-state index contributed by atoms with van der Waals surface area (Å²) in [5.74, 6) is 0.921. The maximum atomic E-state index is 12.0. The standard InChI is InChI=1S/C12H17N5O/c1-8(2)10(11-14-4-5-17(11)3)16-12(18)9-6-13-7-15-9/h4-8,10H,1-3H3,(H,13,15)(H,16,18)/t10-/m1/s1. The van der Waals surface area contributed by atoms with Gasteiger partial charge in [0.1, 0.15) is 11.5 Å². The molecule has 96 valence electrons. The Hall–Kier alpha value is -2.11. The number of hydrogen-bond acceptors (Lipinski definition) is 3. The molecule has 6 heteroatoms. The Balaban J connectivity index is 2.18. The smallest absolute Gasteiger partial charge is 0.269 e. The number of rotatable bonds is 4. The van der Waals surface area contributed by atoms with Gasteiger partial charge in [-0.05, 0) is 5.92 Å². The molecule has 18 heavy (non-hydrogen) atoms. The Bertz CT molecular complexity index is 514. The SMILES string of the molecule is CC(C)[C@@H](NC(=O)c1cnc[nH]1)c1nccn1C. The Morgan fingerprint density at radius 1 is 1.50 bits per heavy atom. The van der Waals surface area contributed by atoms with Crippen LogP contribution in [0.5, 0.6) is 0 Å². The van der Waals surface area contributed by atoms with Gasteiger partial charge in [-0.2, -0.15) is 0 Å². The lowest BCUT2D eigenvalue weighted by molar-refractivity contribution is 0.0918. The first-order chi connectivity index (χ1) is 8.59. The maximum Gasteiger partial charge on any atom is 0.269 e. The monoisotopic (exact) mass is 247 g/mol. The van der Waals surface area contributed by atoms with E-state index in [1.807, 2.05) is 31.7 Å². The molecule has 2 N–H and O–H groups in total. The van der Waals surface area contributed by atoms with Crippen LogP contribution in [0.4, 0.5) is 0 Å². The summed E-state index contributed by atoms with van der Waals surface area (Å²) in [6.45, 7) is 4.10. The fraction of sp³-hybridized carbons (Fsp3) is 0.417. The minimum Gasteiger partial charge on any atom is -0.341 e. The van der Waals surface area contributed by atoms with E-state index >= 15 is 0 Å². The van der Waals surface area contributed by atoms with E-state index < -0.39 is 0 Å². The van der Waals surface area contributed by atoms with Crippen LogP contribution in [0.2, 0.25) is 0 Å². The number of imidazole rings is 2. The lowest BCUT2D eigenvalue weighted by Gasteiger charge is -2.21. The number of H-pyrrole nitrogens is 1. The molecule has 2 aromatic rings. The number of nitrogens with zero attached hydrogens (tertiary/aromatic N) is 3. The number of hydrogen-bond donors (Lipinski definition) is 2. The summed E-state index contributed by atoms with van der Waals surface area (Å²) in [7, 11) is 1.92. The zero-order valence-corrected chi connectivity index (χ0v) is 10.7. The number of nitrogens with one attached hydrogen (secondary N) is 2. The molecule has 0 unspecified atom stereocenters. The van der Waals surface area contributed by atoms with E-state index in [4.69, 9.17) is 0 Å². The molecule has 1 amide bonds. The predicted octanol–water partition coefficient (Wildman–Crippen LogP) is 1.27. The van der Waals surface area contributed by atoms with E-state index in [-0.39, 0.29) is 17.9 Å². The fourth-order valence-electron chi connectivity index (χ4n) is 1.81. The number of aromatic nitrogens is 4. The molecule has 2 rings (SSSR count). The van der Waals surface area contributed by atoms with Crippen LogP contribution in [0.15, 0.2) is 24.9 Å². The van der Waals surface area contributed by atoms with Crippen molar-refractivity contribution in [1.29, 1.82) is 0 Å². The van der Waals surface area contributed by atoms with Crippen molar-refractivity contribution in [2.45, 2.75) is 19.9 Å². The van der Waals surface area contributed by atoms with Gasteiger partial charge in [0.2, 0.25) is 0 Å². The third kappa shape index (κ3) is 2.42. The Morgan fingerprint density at radius 3 is 2.78 bits per heavy atom. The van der Waals surface area contributed by atoms with Gasteiger partial charge in [0.25, 0.3) is 5.91 Å². The van der Waals surface area contributed by atoms with Crippen molar-refractivity contribution in [3.05, 3.63) is 36.4 Å². The predicted molar refractivity (Wildman–Crippen MR) is 66.8 cm³/mol. The number of amides is 1. The average molecular weight is 247 g/mol. The molecule has 0 aliphatic rings. The molecule has 0 fully saturated rings. The fourth-order valence-corrected chi connectivity index (χ4v) is 1.81. The summed E-state index contributed by atoms with van der Waals surface area (Å²) < 4.78 is 1.91. The van der Waals surface area contributed by atoms with E-state index in [9.17, 15) is 4.79 Å². The van der Waals surface area contributed by atoms with E-state index in [0.29, 0.717) is 5.69 Å². The van der Waals surface area contributed by atoms with Gasteiger partial charge in [0, 0.05) is 19.4 Å². The summed E-state index contributed by atoms with van der Waals surface area (Å²) in [4.78, 5) is 22.9. The second-order valence-electron chi connectivity index (χ2n) is 4.56. The van der Waals surface area contributed by atoms with E-state index in [1.54, 1.807) is 6.20 Å². The van der Waals surface area contributed by atoms with Crippen molar-refractivity contribution in [3.63, 3.8) is 0 Å². The second kappa shape index (κ2) is 5.03. The van der Waals surface area contributed by atoms with Gasteiger partial charge in [-0.25, -0.2) is 9.97 Å². The third-order valence-electron chi connectivity index (χ3n) is 2.83. The van der Waals surface area contributed by atoms with Crippen molar-refractivity contribution in [2.24, 2.45) is 13.0 Å². The highest BCUT2D eigenvalue weighted by Crippen LogP contribution is 2.19. The van der Waals surface area contributed by atoms with Gasteiger partial charge in [0.05, 0.1) is 18.6 Å². The van der Waals surface area contributed by atoms with Crippen molar-refractivity contribution in [2.75, 3.05) is 0 Å². The molecule has 0 spiro atoms. The van der Waals surface area contributed by atoms with Crippen molar-refractivity contribution < 1.29 is 4.79 Å². The van der Waals surface area contributed by atoms with Crippen LogP contribution in [0.3, 0.4) is 0 Å². The second-order valence-corrected chi connectivity index (χ2v) is 4.56. The Labute approximate surface area is 105 Å². The molecule has 0 saturated heterocycles. The van der Waals surface area contributed by atoms with Gasteiger partial charge in [-0.3, -0.25) is 4.79 Å². The van der Waals surface area contributed by atoms with E-state index in [0.717, 1.165) is 5.82 Å². The first-order valence-electron chi connectivity index (χ1n) is 5.86. The zero-order chi connectivity index (χ0) is 13.1. The van der Waals surface area contributed by atoms with Crippen molar-refractivity contribution >= 4 is 5.91 Å². The lowest BCUT2D eigenvalue weighted by Crippen LogP contribution is -2.33. The highest BCUT2D eigenvalue weighted by molar-refractivity contribution is 5.92. The molecule has 0 aliphatic heterocycles. The van der Waals surface area contributed by atoms with Crippen molar-refractivity contribution in [1.82, 2.24) is 24.8 Å².